The number of halogens is 1. The fourth-order valence-electron chi connectivity index (χ4n) is 2.51. The first kappa shape index (κ1) is 16.0. The molecule has 2 aromatic heterocycles. The molecule has 2 heterocycles. The number of nitrogens with zero attached hydrogens (tertiary/aromatic N) is 3. The van der Waals surface area contributed by atoms with Crippen molar-refractivity contribution in [3.05, 3.63) is 46.0 Å². The first-order chi connectivity index (χ1) is 10.0. The van der Waals surface area contributed by atoms with Crippen molar-refractivity contribution in [2.45, 2.75) is 39.7 Å². The Balaban J connectivity index is 2.28. The van der Waals surface area contributed by atoms with Gasteiger partial charge in [0.1, 0.15) is 0 Å². The van der Waals surface area contributed by atoms with Gasteiger partial charge < -0.3 is 5.32 Å². The Kier molecular flexibility index (Phi) is 5.37. The molecule has 0 aliphatic carbocycles. The van der Waals surface area contributed by atoms with Gasteiger partial charge in [0, 0.05) is 31.4 Å². The van der Waals surface area contributed by atoms with Gasteiger partial charge in [-0.1, -0.05) is 18.5 Å². The van der Waals surface area contributed by atoms with Crippen molar-refractivity contribution < 1.29 is 0 Å². The van der Waals surface area contributed by atoms with Crippen LogP contribution in [-0.2, 0) is 13.5 Å². The molecule has 0 fully saturated rings. The van der Waals surface area contributed by atoms with Crippen molar-refractivity contribution in [1.29, 1.82) is 0 Å². The number of pyridine rings is 1. The number of aryl methyl sites for hydroxylation is 3. The molecule has 0 spiro atoms. The van der Waals surface area contributed by atoms with Gasteiger partial charge in [0.2, 0.25) is 0 Å². The summed E-state index contributed by atoms with van der Waals surface area (Å²) in [5.74, 6) is 0. The van der Waals surface area contributed by atoms with Gasteiger partial charge in [0.05, 0.1) is 16.4 Å². The molecule has 0 bridgehead atoms. The molecule has 1 N–H and O–H groups in total. The third kappa shape index (κ3) is 3.83. The van der Waals surface area contributed by atoms with Crippen molar-refractivity contribution in [2.24, 2.45) is 7.05 Å². The minimum Gasteiger partial charge on any atom is -0.310 e. The van der Waals surface area contributed by atoms with Gasteiger partial charge in [-0.3, -0.25) is 9.67 Å². The third-order valence-electron chi connectivity index (χ3n) is 3.62. The molecule has 21 heavy (non-hydrogen) atoms. The van der Waals surface area contributed by atoms with Crippen molar-refractivity contribution in [3.63, 3.8) is 0 Å². The van der Waals surface area contributed by atoms with Crippen LogP contribution in [0.5, 0.6) is 0 Å². The summed E-state index contributed by atoms with van der Waals surface area (Å²) < 4.78 is 1.88. The Morgan fingerprint density at radius 1 is 1.38 bits per heavy atom. The molecule has 1 atom stereocenters. The van der Waals surface area contributed by atoms with E-state index in [1.807, 2.05) is 31.8 Å². The molecule has 114 valence electrons. The Labute approximate surface area is 131 Å². The SMILES string of the molecule is CCCNC(Cc1c(Cl)c(C)nn1C)c1ccnc(C)c1. The summed E-state index contributed by atoms with van der Waals surface area (Å²) in [6.07, 6.45) is 3.78. The van der Waals surface area contributed by atoms with Gasteiger partial charge in [-0.15, -0.1) is 0 Å². The normalized spacial score (nSPS) is 12.6. The predicted octanol–water partition coefficient (Wildman–Crippen LogP) is 3.37. The van der Waals surface area contributed by atoms with Gasteiger partial charge in [-0.25, -0.2) is 0 Å². The smallest absolute Gasteiger partial charge is 0.0847 e. The number of rotatable bonds is 6. The van der Waals surface area contributed by atoms with Crippen molar-refractivity contribution >= 4 is 11.6 Å². The van der Waals surface area contributed by atoms with Crippen molar-refractivity contribution in [3.8, 4) is 0 Å². The summed E-state index contributed by atoms with van der Waals surface area (Å²) in [5, 5.41) is 8.77. The molecule has 0 radical (unpaired) electrons. The van der Waals surface area contributed by atoms with Crippen LogP contribution in [0.25, 0.3) is 0 Å². The Morgan fingerprint density at radius 2 is 2.14 bits per heavy atom. The maximum absolute atomic E-state index is 6.39. The molecule has 2 rings (SSSR count). The topological polar surface area (TPSA) is 42.7 Å². The fourth-order valence-corrected chi connectivity index (χ4v) is 2.74. The summed E-state index contributed by atoms with van der Waals surface area (Å²) in [7, 11) is 1.95. The van der Waals surface area contributed by atoms with Crippen LogP contribution in [-0.4, -0.2) is 21.3 Å². The predicted molar refractivity (Wildman–Crippen MR) is 86.7 cm³/mol. The molecule has 0 saturated heterocycles. The highest BCUT2D eigenvalue weighted by Crippen LogP contribution is 2.25. The van der Waals surface area contributed by atoms with E-state index >= 15 is 0 Å². The Bertz CT molecular complexity index is 606. The highest BCUT2D eigenvalue weighted by molar-refractivity contribution is 6.31. The molecule has 2 aromatic rings. The van der Waals surface area contributed by atoms with E-state index in [9.17, 15) is 0 Å². The first-order valence-electron chi connectivity index (χ1n) is 7.36. The van der Waals surface area contributed by atoms with Gasteiger partial charge in [-0.05, 0) is 44.5 Å². The summed E-state index contributed by atoms with van der Waals surface area (Å²) in [6.45, 7) is 7.10. The Morgan fingerprint density at radius 3 is 2.71 bits per heavy atom. The van der Waals surface area contributed by atoms with Crippen molar-refractivity contribution in [2.75, 3.05) is 6.54 Å². The second-order valence-electron chi connectivity index (χ2n) is 5.41. The minimum atomic E-state index is 0.221. The summed E-state index contributed by atoms with van der Waals surface area (Å²) >= 11 is 6.39. The zero-order chi connectivity index (χ0) is 15.4. The molecule has 4 nitrogen and oxygen atoms in total. The van der Waals surface area contributed by atoms with Gasteiger partial charge >= 0.3 is 0 Å². The molecule has 0 aliphatic heterocycles. The number of hydrogen-bond acceptors (Lipinski definition) is 3. The van der Waals surface area contributed by atoms with E-state index < -0.39 is 0 Å². The van der Waals surface area contributed by atoms with E-state index in [-0.39, 0.29) is 6.04 Å². The van der Waals surface area contributed by atoms with Crippen molar-refractivity contribution in [1.82, 2.24) is 20.1 Å². The lowest BCUT2D eigenvalue weighted by Crippen LogP contribution is -2.25. The zero-order valence-electron chi connectivity index (χ0n) is 13.2. The van der Waals surface area contributed by atoms with E-state index in [0.29, 0.717) is 0 Å². The monoisotopic (exact) mass is 306 g/mol. The van der Waals surface area contributed by atoms with Crippen LogP contribution in [0.4, 0.5) is 0 Å². The standard InChI is InChI=1S/C16H23ClN4/c1-5-7-19-14(13-6-8-18-11(2)9-13)10-15-16(17)12(3)20-21(15)4/h6,8-9,14,19H,5,7,10H2,1-4H3. The first-order valence-corrected chi connectivity index (χ1v) is 7.74. The van der Waals surface area contributed by atoms with Crippen LogP contribution in [0.2, 0.25) is 5.02 Å². The van der Waals surface area contributed by atoms with Crippen LogP contribution < -0.4 is 5.32 Å². The van der Waals surface area contributed by atoms with E-state index in [1.54, 1.807) is 0 Å². The van der Waals surface area contributed by atoms with Crippen LogP contribution >= 0.6 is 11.6 Å². The minimum absolute atomic E-state index is 0.221. The average molecular weight is 307 g/mol. The fraction of sp³-hybridized carbons (Fsp3) is 0.500. The lowest BCUT2D eigenvalue weighted by molar-refractivity contribution is 0.511. The molecule has 0 aliphatic rings. The quantitative estimate of drug-likeness (QED) is 0.890. The lowest BCUT2D eigenvalue weighted by Gasteiger charge is -2.19. The highest BCUT2D eigenvalue weighted by Gasteiger charge is 2.18. The van der Waals surface area contributed by atoms with Crippen LogP contribution in [0, 0.1) is 13.8 Å². The molecular weight excluding hydrogens is 284 g/mol. The largest absolute Gasteiger partial charge is 0.310 e. The number of hydrogen-bond donors (Lipinski definition) is 1. The van der Waals surface area contributed by atoms with Crippen LogP contribution in [0.15, 0.2) is 18.3 Å². The second-order valence-corrected chi connectivity index (χ2v) is 5.79. The molecular formula is C16H23ClN4. The number of nitrogens with one attached hydrogen (secondary N) is 1. The average Bonchev–Trinajstić information content (AvgIpc) is 2.69. The van der Waals surface area contributed by atoms with E-state index in [2.05, 4.69) is 34.5 Å². The highest BCUT2D eigenvalue weighted by atomic mass is 35.5. The maximum Gasteiger partial charge on any atom is 0.0847 e. The van der Waals surface area contributed by atoms with Crippen LogP contribution in [0.1, 0.15) is 42.0 Å². The third-order valence-corrected chi connectivity index (χ3v) is 4.11. The molecule has 1 unspecified atom stereocenters. The summed E-state index contributed by atoms with van der Waals surface area (Å²) in [4.78, 5) is 4.28. The molecule has 0 saturated carbocycles. The molecule has 5 heteroatoms. The summed E-state index contributed by atoms with van der Waals surface area (Å²) in [5.41, 5.74) is 4.22. The Hall–Kier alpha value is -1.39. The number of aromatic nitrogens is 3. The van der Waals surface area contributed by atoms with E-state index in [1.165, 1.54) is 5.56 Å². The molecule has 0 aromatic carbocycles. The molecule has 0 amide bonds. The van der Waals surface area contributed by atoms with E-state index in [0.717, 1.165) is 41.5 Å². The van der Waals surface area contributed by atoms with Gasteiger partial charge in [0.15, 0.2) is 0 Å². The van der Waals surface area contributed by atoms with Gasteiger partial charge in [-0.2, -0.15) is 5.10 Å². The second kappa shape index (κ2) is 7.05. The zero-order valence-corrected chi connectivity index (χ0v) is 13.9. The van der Waals surface area contributed by atoms with E-state index in [4.69, 9.17) is 11.6 Å². The van der Waals surface area contributed by atoms with Gasteiger partial charge in [0.25, 0.3) is 0 Å². The van der Waals surface area contributed by atoms with Crippen LogP contribution in [0.3, 0.4) is 0 Å². The maximum atomic E-state index is 6.39. The lowest BCUT2D eigenvalue weighted by atomic mass is 10.0. The summed E-state index contributed by atoms with van der Waals surface area (Å²) in [6, 6.07) is 4.42.